The number of hydrogen-bond donors (Lipinski definition) is 0. The fraction of sp³-hybridized carbons (Fsp3) is 0.316. The first kappa shape index (κ1) is 16.5. The van der Waals surface area contributed by atoms with Crippen molar-refractivity contribution >= 4 is 5.97 Å². The van der Waals surface area contributed by atoms with E-state index in [1.807, 2.05) is 30.3 Å². The van der Waals surface area contributed by atoms with Crippen LogP contribution in [0.4, 0.5) is 0 Å². The summed E-state index contributed by atoms with van der Waals surface area (Å²) >= 11 is 0. The van der Waals surface area contributed by atoms with Gasteiger partial charge in [-0.25, -0.2) is 4.79 Å². The SMILES string of the molecule is COc1ccc(C(=O)OC[C@@H]2C[C@H](c3ccccc3)N(C)O2)cc1. The summed E-state index contributed by atoms with van der Waals surface area (Å²) in [6.07, 6.45) is 0.651. The fourth-order valence-electron chi connectivity index (χ4n) is 2.85. The predicted octanol–water partition coefficient (Wildman–Crippen LogP) is 3.23. The van der Waals surface area contributed by atoms with E-state index >= 15 is 0 Å². The van der Waals surface area contributed by atoms with Crippen LogP contribution in [0.1, 0.15) is 28.4 Å². The summed E-state index contributed by atoms with van der Waals surface area (Å²) < 4.78 is 10.5. The van der Waals surface area contributed by atoms with Crippen molar-refractivity contribution in [3.63, 3.8) is 0 Å². The Labute approximate surface area is 141 Å². The van der Waals surface area contributed by atoms with Crippen molar-refractivity contribution in [2.24, 2.45) is 0 Å². The second-order valence-electron chi connectivity index (χ2n) is 5.76. The third kappa shape index (κ3) is 3.75. The second kappa shape index (κ2) is 7.47. The molecule has 0 aliphatic carbocycles. The van der Waals surface area contributed by atoms with Gasteiger partial charge >= 0.3 is 5.97 Å². The van der Waals surface area contributed by atoms with Crippen molar-refractivity contribution in [1.29, 1.82) is 0 Å². The van der Waals surface area contributed by atoms with Gasteiger partial charge in [-0.2, -0.15) is 5.06 Å². The second-order valence-corrected chi connectivity index (χ2v) is 5.76. The maximum atomic E-state index is 12.1. The molecular formula is C19H21NO4. The summed E-state index contributed by atoms with van der Waals surface area (Å²) in [5.74, 6) is 0.352. The summed E-state index contributed by atoms with van der Waals surface area (Å²) in [5.41, 5.74) is 1.70. The largest absolute Gasteiger partial charge is 0.497 e. The molecule has 5 heteroatoms. The molecule has 0 saturated carbocycles. The molecule has 2 aromatic rings. The molecule has 0 radical (unpaired) electrons. The smallest absolute Gasteiger partial charge is 0.338 e. The Bertz CT molecular complexity index is 672. The lowest BCUT2D eigenvalue weighted by atomic mass is 10.0. The number of nitrogens with zero attached hydrogens (tertiary/aromatic N) is 1. The fourth-order valence-corrected chi connectivity index (χ4v) is 2.85. The van der Waals surface area contributed by atoms with Crippen LogP contribution in [0.15, 0.2) is 54.6 Å². The van der Waals surface area contributed by atoms with Gasteiger partial charge in [0.25, 0.3) is 0 Å². The topological polar surface area (TPSA) is 48.0 Å². The van der Waals surface area contributed by atoms with Crippen LogP contribution < -0.4 is 4.74 Å². The van der Waals surface area contributed by atoms with Gasteiger partial charge in [0.15, 0.2) is 0 Å². The number of benzene rings is 2. The number of carbonyl (C=O) groups is 1. The molecule has 126 valence electrons. The average Bonchev–Trinajstić information content (AvgIpc) is 3.01. The number of hydroxylamine groups is 2. The molecule has 1 aliphatic heterocycles. The normalized spacial score (nSPS) is 20.8. The Kier molecular flexibility index (Phi) is 5.13. The molecule has 3 rings (SSSR count). The molecule has 0 amide bonds. The highest BCUT2D eigenvalue weighted by Crippen LogP contribution is 2.32. The first-order chi connectivity index (χ1) is 11.7. The minimum atomic E-state index is -0.355. The van der Waals surface area contributed by atoms with E-state index in [2.05, 4.69) is 12.1 Å². The lowest BCUT2D eigenvalue weighted by molar-refractivity contribution is -0.153. The average molecular weight is 327 g/mol. The Morgan fingerprint density at radius 1 is 1.17 bits per heavy atom. The van der Waals surface area contributed by atoms with Crippen molar-refractivity contribution in [2.45, 2.75) is 18.6 Å². The Hall–Kier alpha value is -2.37. The molecule has 2 aromatic carbocycles. The minimum absolute atomic E-state index is 0.137. The highest BCUT2D eigenvalue weighted by molar-refractivity contribution is 5.89. The first-order valence-corrected chi connectivity index (χ1v) is 7.93. The van der Waals surface area contributed by atoms with E-state index in [9.17, 15) is 4.79 Å². The van der Waals surface area contributed by atoms with Gasteiger partial charge in [0, 0.05) is 13.5 Å². The lowest BCUT2D eigenvalue weighted by Gasteiger charge is -2.17. The molecule has 0 N–H and O–H groups in total. The number of methoxy groups -OCH3 is 1. The van der Waals surface area contributed by atoms with E-state index in [4.69, 9.17) is 14.3 Å². The van der Waals surface area contributed by atoms with Crippen LogP contribution in [0.5, 0.6) is 5.75 Å². The first-order valence-electron chi connectivity index (χ1n) is 7.93. The quantitative estimate of drug-likeness (QED) is 0.789. The number of esters is 1. The zero-order valence-electron chi connectivity index (χ0n) is 13.8. The zero-order chi connectivity index (χ0) is 16.9. The maximum Gasteiger partial charge on any atom is 0.338 e. The predicted molar refractivity (Wildman–Crippen MR) is 89.7 cm³/mol. The molecule has 2 atom stereocenters. The molecule has 24 heavy (non-hydrogen) atoms. The molecule has 0 aromatic heterocycles. The molecule has 1 saturated heterocycles. The number of rotatable bonds is 5. The monoisotopic (exact) mass is 327 g/mol. The van der Waals surface area contributed by atoms with Gasteiger partial charge < -0.3 is 9.47 Å². The molecule has 1 fully saturated rings. The van der Waals surface area contributed by atoms with Gasteiger partial charge in [0.1, 0.15) is 18.5 Å². The van der Waals surface area contributed by atoms with Crippen LogP contribution in [0.25, 0.3) is 0 Å². The van der Waals surface area contributed by atoms with Crippen molar-refractivity contribution < 1.29 is 19.1 Å². The van der Waals surface area contributed by atoms with Crippen LogP contribution in [-0.4, -0.2) is 37.9 Å². The van der Waals surface area contributed by atoms with E-state index in [-0.39, 0.29) is 24.7 Å². The van der Waals surface area contributed by atoms with Gasteiger partial charge in [-0.15, -0.1) is 0 Å². The van der Waals surface area contributed by atoms with Gasteiger partial charge in [-0.3, -0.25) is 4.84 Å². The van der Waals surface area contributed by atoms with E-state index in [0.717, 1.165) is 6.42 Å². The van der Waals surface area contributed by atoms with Crippen LogP contribution in [0.3, 0.4) is 0 Å². The number of hydrogen-bond acceptors (Lipinski definition) is 5. The summed E-state index contributed by atoms with van der Waals surface area (Å²) in [7, 11) is 3.49. The van der Waals surface area contributed by atoms with E-state index in [1.54, 1.807) is 31.4 Å². The van der Waals surface area contributed by atoms with Gasteiger partial charge in [-0.1, -0.05) is 30.3 Å². The van der Waals surface area contributed by atoms with Crippen LogP contribution in [-0.2, 0) is 9.57 Å². The van der Waals surface area contributed by atoms with Crippen LogP contribution in [0.2, 0.25) is 0 Å². The van der Waals surface area contributed by atoms with Crippen molar-refractivity contribution in [2.75, 3.05) is 20.8 Å². The van der Waals surface area contributed by atoms with Gasteiger partial charge in [0.05, 0.1) is 18.7 Å². The maximum absolute atomic E-state index is 12.1. The van der Waals surface area contributed by atoms with Crippen molar-refractivity contribution in [3.05, 3.63) is 65.7 Å². The Morgan fingerprint density at radius 3 is 2.54 bits per heavy atom. The third-order valence-electron chi connectivity index (χ3n) is 4.15. The zero-order valence-corrected chi connectivity index (χ0v) is 13.8. The summed E-state index contributed by atoms with van der Waals surface area (Å²) in [6.45, 7) is 0.235. The summed E-state index contributed by atoms with van der Waals surface area (Å²) in [6, 6.07) is 17.2. The molecule has 1 heterocycles. The van der Waals surface area contributed by atoms with Crippen LogP contribution >= 0.6 is 0 Å². The van der Waals surface area contributed by atoms with E-state index in [1.165, 1.54) is 5.56 Å². The third-order valence-corrected chi connectivity index (χ3v) is 4.15. The highest BCUT2D eigenvalue weighted by Gasteiger charge is 2.32. The standard InChI is InChI=1S/C19H21NO4/c1-20-18(14-6-4-3-5-7-14)12-17(24-20)13-23-19(21)15-8-10-16(22-2)11-9-15/h3-11,17-18H,12-13H2,1-2H3/t17-,18+/m0/s1. The molecule has 0 bridgehead atoms. The molecule has 0 spiro atoms. The van der Waals surface area contributed by atoms with Crippen molar-refractivity contribution in [3.8, 4) is 5.75 Å². The molecule has 1 aliphatic rings. The van der Waals surface area contributed by atoms with Crippen molar-refractivity contribution in [1.82, 2.24) is 5.06 Å². The van der Waals surface area contributed by atoms with Gasteiger partial charge in [0.2, 0.25) is 0 Å². The molecule has 0 unspecified atom stereocenters. The van der Waals surface area contributed by atoms with Gasteiger partial charge in [-0.05, 0) is 29.8 Å². The Morgan fingerprint density at radius 2 is 1.88 bits per heavy atom. The molecule has 5 nitrogen and oxygen atoms in total. The number of carbonyl (C=O) groups excluding carboxylic acids is 1. The van der Waals surface area contributed by atoms with E-state index in [0.29, 0.717) is 11.3 Å². The number of ether oxygens (including phenoxy) is 2. The van der Waals surface area contributed by atoms with E-state index < -0.39 is 0 Å². The summed E-state index contributed by atoms with van der Waals surface area (Å²) in [4.78, 5) is 17.9. The van der Waals surface area contributed by atoms with Crippen LogP contribution in [0, 0.1) is 0 Å². The molecular weight excluding hydrogens is 306 g/mol. The minimum Gasteiger partial charge on any atom is -0.497 e. The summed E-state index contributed by atoms with van der Waals surface area (Å²) in [5, 5.41) is 1.83. The highest BCUT2D eigenvalue weighted by atomic mass is 16.7. The Balaban J connectivity index is 1.54. The lowest BCUT2D eigenvalue weighted by Crippen LogP contribution is -2.20.